The van der Waals surface area contributed by atoms with E-state index in [-0.39, 0.29) is 22.5 Å². The number of nitrogens with one attached hydrogen (secondary N) is 2. The molecule has 6 N–H and O–H groups in total. The van der Waals surface area contributed by atoms with E-state index in [1.165, 1.54) is 25.6 Å². The molecule has 1 aliphatic heterocycles. The number of nitrogens with zero attached hydrogens (tertiary/aromatic N) is 3. The Morgan fingerprint density at radius 3 is 2.62 bits per heavy atom. The molecule has 1 amide bonds. The Hall–Kier alpha value is -3.17. The maximum absolute atomic E-state index is 12.6. The number of benzene rings is 1. The van der Waals surface area contributed by atoms with E-state index in [9.17, 15) is 24.4 Å². The summed E-state index contributed by atoms with van der Waals surface area (Å²) < 4.78 is 27.0. The second kappa shape index (κ2) is 9.23. The first-order valence-corrected chi connectivity index (χ1v) is 11.2. The standard InChI is InChI=1S/C18H20N5O10P/c1-31-9-4-2-8(3-5-9)16(26)20-14-11-15(22-18(27)21-14)23(7-19-11)17-13(25)12(24)10(33-17)6-32-34(28,29)30/h2-5,7,10,12-13,17,24-25H,6H2,1H3,(H2,28,29,30)(H2,20,21,22,26,27). The summed E-state index contributed by atoms with van der Waals surface area (Å²) in [6.45, 7) is -0.706. The Morgan fingerprint density at radius 2 is 1.97 bits per heavy atom. The number of hydrogen-bond donors (Lipinski definition) is 6. The van der Waals surface area contributed by atoms with E-state index in [1.807, 2.05) is 0 Å². The largest absolute Gasteiger partial charge is 0.497 e. The van der Waals surface area contributed by atoms with Crippen molar-refractivity contribution < 1.29 is 43.4 Å². The summed E-state index contributed by atoms with van der Waals surface area (Å²) in [7, 11) is -3.35. The second-order valence-corrected chi connectivity index (χ2v) is 8.50. The summed E-state index contributed by atoms with van der Waals surface area (Å²) >= 11 is 0. The first-order chi connectivity index (χ1) is 16.1. The normalized spacial score (nSPS) is 22.7. The molecule has 0 saturated carbocycles. The van der Waals surface area contributed by atoms with E-state index in [0.29, 0.717) is 5.75 Å². The lowest BCUT2D eigenvalue weighted by Crippen LogP contribution is -2.33. The number of ether oxygens (including phenoxy) is 2. The highest BCUT2D eigenvalue weighted by Crippen LogP contribution is 2.38. The molecule has 0 spiro atoms. The molecule has 4 unspecified atom stereocenters. The molecule has 2 aromatic heterocycles. The van der Waals surface area contributed by atoms with Gasteiger partial charge in [0.05, 0.1) is 20.0 Å². The Morgan fingerprint density at radius 1 is 1.26 bits per heavy atom. The van der Waals surface area contributed by atoms with E-state index in [0.717, 1.165) is 4.57 Å². The van der Waals surface area contributed by atoms with Crippen molar-refractivity contribution in [2.24, 2.45) is 0 Å². The van der Waals surface area contributed by atoms with Crippen LogP contribution < -0.4 is 15.7 Å². The number of amides is 1. The lowest BCUT2D eigenvalue weighted by atomic mass is 10.1. The van der Waals surface area contributed by atoms with Crippen LogP contribution >= 0.6 is 7.82 Å². The summed E-state index contributed by atoms with van der Waals surface area (Å²) in [5, 5.41) is 23.1. The first-order valence-electron chi connectivity index (χ1n) is 9.71. The van der Waals surface area contributed by atoms with Gasteiger partial charge in [-0.2, -0.15) is 4.98 Å². The molecule has 4 atom stereocenters. The molecule has 3 aromatic rings. The Balaban J connectivity index is 1.61. The molecule has 182 valence electrons. The zero-order valence-electron chi connectivity index (χ0n) is 17.4. The number of carbonyl (C=O) groups excluding carboxylic acids is 1. The van der Waals surface area contributed by atoms with Crippen molar-refractivity contribution in [3.8, 4) is 5.75 Å². The molecule has 0 bridgehead atoms. The van der Waals surface area contributed by atoms with Crippen LogP contribution in [0.15, 0.2) is 35.4 Å². The van der Waals surface area contributed by atoms with Crippen LogP contribution in [0.4, 0.5) is 5.82 Å². The van der Waals surface area contributed by atoms with Gasteiger partial charge in [-0.25, -0.2) is 14.3 Å². The van der Waals surface area contributed by atoms with Gasteiger partial charge in [0, 0.05) is 5.56 Å². The van der Waals surface area contributed by atoms with Crippen molar-refractivity contribution in [2.45, 2.75) is 24.5 Å². The van der Waals surface area contributed by atoms with Gasteiger partial charge in [0.15, 0.2) is 11.9 Å². The molecule has 0 radical (unpaired) electrons. The average molecular weight is 497 g/mol. The van der Waals surface area contributed by atoms with E-state index >= 15 is 0 Å². The average Bonchev–Trinajstić information content (AvgIpc) is 3.33. The second-order valence-electron chi connectivity index (χ2n) is 7.26. The van der Waals surface area contributed by atoms with E-state index in [4.69, 9.17) is 19.3 Å². The van der Waals surface area contributed by atoms with Crippen LogP contribution in [0.25, 0.3) is 11.2 Å². The number of methoxy groups -OCH3 is 1. The number of aromatic amines is 1. The zero-order chi connectivity index (χ0) is 24.6. The third kappa shape index (κ3) is 4.85. The summed E-state index contributed by atoms with van der Waals surface area (Å²) in [6.07, 6.45) is -4.57. The first kappa shape index (κ1) is 24.0. The molecule has 1 aromatic carbocycles. The van der Waals surface area contributed by atoms with E-state index in [2.05, 4.69) is 24.8 Å². The number of fused-ring (bicyclic) bond motifs is 1. The zero-order valence-corrected chi connectivity index (χ0v) is 18.3. The number of aromatic nitrogens is 4. The predicted molar refractivity (Wildman–Crippen MR) is 113 cm³/mol. The lowest BCUT2D eigenvalue weighted by Gasteiger charge is -2.16. The third-order valence-corrected chi connectivity index (χ3v) is 5.54. The number of H-pyrrole nitrogens is 1. The van der Waals surface area contributed by atoms with Crippen molar-refractivity contribution >= 4 is 30.7 Å². The van der Waals surface area contributed by atoms with Gasteiger partial charge in [-0.1, -0.05) is 0 Å². The molecular formula is C18H20N5O10P. The van der Waals surface area contributed by atoms with Gasteiger partial charge in [-0.15, -0.1) is 0 Å². The number of imidazole rings is 1. The predicted octanol–water partition coefficient (Wildman–Crippen LogP) is -0.891. The number of rotatable bonds is 7. The van der Waals surface area contributed by atoms with Gasteiger partial charge in [0.1, 0.15) is 35.4 Å². The Kier molecular flexibility index (Phi) is 6.51. The highest BCUT2D eigenvalue weighted by molar-refractivity contribution is 7.46. The smallest absolute Gasteiger partial charge is 0.469 e. The van der Waals surface area contributed by atoms with Crippen LogP contribution in [-0.2, 0) is 13.8 Å². The van der Waals surface area contributed by atoms with Crippen LogP contribution in [0.2, 0.25) is 0 Å². The van der Waals surface area contributed by atoms with Gasteiger partial charge < -0.3 is 34.8 Å². The number of carbonyl (C=O) groups is 1. The fourth-order valence-electron chi connectivity index (χ4n) is 3.40. The minimum absolute atomic E-state index is 0.0571. The Labute approximate surface area is 190 Å². The highest BCUT2D eigenvalue weighted by Gasteiger charge is 2.45. The van der Waals surface area contributed by atoms with Crippen LogP contribution in [-0.4, -0.2) is 77.5 Å². The van der Waals surface area contributed by atoms with Crippen molar-refractivity contribution in [1.29, 1.82) is 0 Å². The summed E-state index contributed by atoms with van der Waals surface area (Å²) in [5.41, 5.74) is -0.589. The molecule has 1 saturated heterocycles. The number of phosphoric ester groups is 1. The van der Waals surface area contributed by atoms with Crippen LogP contribution in [0.5, 0.6) is 5.75 Å². The van der Waals surface area contributed by atoms with E-state index in [1.54, 1.807) is 12.1 Å². The van der Waals surface area contributed by atoms with Gasteiger partial charge >= 0.3 is 13.5 Å². The number of hydrogen-bond acceptors (Lipinski definition) is 10. The topological polar surface area (TPSA) is 218 Å². The molecule has 1 aliphatic rings. The third-order valence-electron chi connectivity index (χ3n) is 5.05. The number of aliphatic hydroxyl groups excluding tert-OH is 2. The molecule has 4 rings (SSSR count). The van der Waals surface area contributed by atoms with Gasteiger partial charge in [-0.05, 0) is 24.3 Å². The van der Waals surface area contributed by atoms with Crippen molar-refractivity contribution in [1.82, 2.24) is 19.5 Å². The van der Waals surface area contributed by atoms with Gasteiger partial charge in [-0.3, -0.25) is 18.9 Å². The van der Waals surface area contributed by atoms with Crippen LogP contribution in [0.3, 0.4) is 0 Å². The van der Waals surface area contributed by atoms with Gasteiger partial charge in [0.2, 0.25) is 0 Å². The Bertz CT molecular complexity index is 1300. The molecule has 1 fully saturated rings. The quantitative estimate of drug-likeness (QED) is 0.219. The van der Waals surface area contributed by atoms with Crippen molar-refractivity contribution in [3.63, 3.8) is 0 Å². The maximum Gasteiger partial charge on any atom is 0.469 e. The summed E-state index contributed by atoms with van der Waals surface area (Å²) in [6, 6.07) is 6.22. The molecule has 15 nitrogen and oxygen atoms in total. The number of anilines is 1. The molecule has 34 heavy (non-hydrogen) atoms. The molecule has 16 heteroatoms. The number of phosphoric acid groups is 1. The SMILES string of the molecule is COc1ccc(C(=O)Nc2[nH]c(=O)nc3c2ncn3C2OC(COP(=O)(O)O)C(O)C2O)cc1. The minimum Gasteiger partial charge on any atom is -0.497 e. The van der Waals surface area contributed by atoms with E-state index < -0.39 is 50.6 Å². The molecule has 0 aliphatic carbocycles. The fraction of sp³-hybridized carbons (Fsp3) is 0.333. The highest BCUT2D eigenvalue weighted by atomic mass is 31.2. The van der Waals surface area contributed by atoms with Crippen LogP contribution in [0.1, 0.15) is 16.6 Å². The summed E-state index contributed by atoms with van der Waals surface area (Å²) in [5.74, 6) is -0.0663. The minimum atomic E-state index is -4.84. The summed E-state index contributed by atoms with van der Waals surface area (Å²) in [4.78, 5) is 52.8. The lowest BCUT2D eigenvalue weighted by molar-refractivity contribution is -0.0504. The van der Waals surface area contributed by atoms with Gasteiger partial charge in [0.25, 0.3) is 5.91 Å². The molecule has 3 heterocycles. The molecular weight excluding hydrogens is 477 g/mol. The van der Waals surface area contributed by atoms with Crippen molar-refractivity contribution in [2.75, 3.05) is 19.0 Å². The van der Waals surface area contributed by atoms with Crippen LogP contribution in [0, 0.1) is 0 Å². The fourth-order valence-corrected chi connectivity index (χ4v) is 3.75. The van der Waals surface area contributed by atoms with Crippen molar-refractivity contribution in [3.05, 3.63) is 46.6 Å². The number of aliphatic hydroxyl groups is 2. The monoisotopic (exact) mass is 497 g/mol. The maximum atomic E-state index is 12.6.